The zero-order valence-corrected chi connectivity index (χ0v) is 7.92. The molecule has 1 aliphatic carbocycles. The molecule has 1 saturated carbocycles. The van der Waals surface area contributed by atoms with Crippen LogP contribution in [0.25, 0.3) is 0 Å². The van der Waals surface area contributed by atoms with Gasteiger partial charge in [-0.25, -0.2) is 4.79 Å². The van der Waals surface area contributed by atoms with Gasteiger partial charge in [0.2, 0.25) is 11.8 Å². The second-order valence-corrected chi connectivity index (χ2v) is 3.44. The van der Waals surface area contributed by atoms with Gasteiger partial charge >= 0.3 is 6.16 Å². The van der Waals surface area contributed by atoms with Gasteiger partial charge in [0.1, 0.15) is 0 Å². The first-order valence-electron chi connectivity index (χ1n) is 4.61. The van der Waals surface area contributed by atoms with Crippen LogP contribution in [0.4, 0.5) is 4.79 Å². The molecular weight excluding hydrogens is 202 g/mol. The molecule has 0 radical (unpaired) electrons. The number of aromatic hydroxyl groups is 2. The molecule has 2 rings (SSSR count). The number of hydrogen-bond acceptors (Lipinski definition) is 5. The van der Waals surface area contributed by atoms with Crippen molar-refractivity contribution < 1.29 is 24.6 Å². The fourth-order valence-electron chi connectivity index (χ4n) is 1.07. The Balaban J connectivity index is 1.86. The van der Waals surface area contributed by atoms with E-state index in [1.54, 1.807) is 0 Å². The van der Waals surface area contributed by atoms with Crippen LogP contribution in [0.3, 0.4) is 0 Å². The minimum Gasteiger partial charge on any atom is -0.492 e. The van der Waals surface area contributed by atoms with E-state index in [-0.39, 0.29) is 11.8 Å². The lowest BCUT2D eigenvalue weighted by molar-refractivity contribution is 0.0331. The first-order chi connectivity index (χ1) is 7.16. The van der Waals surface area contributed by atoms with Crippen molar-refractivity contribution in [3.8, 4) is 11.8 Å². The summed E-state index contributed by atoms with van der Waals surface area (Å²) < 4.78 is 5.34. The van der Waals surface area contributed by atoms with Crippen molar-refractivity contribution in [1.29, 1.82) is 0 Å². The highest BCUT2D eigenvalue weighted by Gasteiger charge is 2.24. The highest BCUT2D eigenvalue weighted by molar-refractivity contribution is 5.60. The second-order valence-electron chi connectivity index (χ2n) is 3.44. The highest BCUT2D eigenvalue weighted by atomic mass is 16.8. The summed E-state index contributed by atoms with van der Waals surface area (Å²) in [6.07, 6.45) is 1.18. The first kappa shape index (κ1) is 9.70. The molecule has 1 heterocycles. The Morgan fingerprint density at radius 2 is 2.00 bits per heavy atom. The van der Waals surface area contributed by atoms with Crippen molar-refractivity contribution in [2.45, 2.75) is 12.8 Å². The third kappa shape index (κ3) is 2.34. The summed E-state index contributed by atoms with van der Waals surface area (Å²) in [5.41, 5.74) is 0. The first-order valence-corrected chi connectivity index (χ1v) is 4.61. The Hall–Kier alpha value is -1.85. The number of ether oxygens (including phenoxy) is 1. The van der Waals surface area contributed by atoms with Crippen LogP contribution in [-0.2, 0) is 4.74 Å². The number of aromatic nitrogens is 1. The van der Waals surface area contributed by atoms with Gasteiger partial charge in [0.25, 0.3) is 0 Å². The van der Waals surface area contributed by atoms with Crippen LogP contribution in [-0.4, -0.2) is 27.7 Å². The maximum atomic E-state index is 11.1. The Labute approximate surface area is 85.6 Å². The predicted octanol–water partition coefficient (Wildman–Crippen LogP) is 0.874. The summed E-state index contributed by atoms with van der Waals surface area (Å²) in [6.45, 7) is 0.321. The molecule has 15 heavy (non-hydrogen) atoms. The summed E-state index contributed by atoms with van der Waals surface area (Å²) in [7, 11) is 0. The standard InChI is InChI=1S/C9H11NO5/c11-7-3-4-8(12)10(7)15-9(13)14-5-6-1-2-6/h3-4,6,11-12H,1-2,5H2. The molecule has 6 heteroatoms. The van der Waals surface area contributed by atoms with Crippen molar-refractivity contribution in [3.05, 3.63) is 12.1 Å². The third-order valence-corrected chi connectivity index (χ3v) is 2.10. The minimum atomic E-state index is -0.941. The zero-order valence-electron chi connectivity index (χ0n) is 7.92. The molecule has 0 atom stereocenters. The summed E-state index contributed by atoms with van der Waals surface area (Å²) in [5, 5.41) is 18.3. The fourth-order valence-corrected chi connectivity index (χ4v) is 1.07. The molecule has 1 aromatic heterocycles. The van der Waals surface area contributed by atoms with Crippen LogP contribution in [0.1, 0.15) is 12.8 Å². The molecule has 0 amide bonds. The normalized spacial score (nSPS) is 14.9. The second kappa shape index (κ2) is 3.72. The molecule has 82 valence electrons. The molecule has 0 aliphatic heterocycles. The average molecular weight is 213 g/mol. The average Bonchev–Trinajstić information content (AvgIpc) is 2.98. The lowest BCUT2D eigenvalue weighted by Gasteiger charge is -2.06. The smallest absolute Gasteiger partial charge is 0.492 e. The molecule has 0 bridgehead atoms. The molecule has 0 saturated heterocycles. The topological polar surface area (TPSA) is 80.9 Å². The van der Waals surface area contributed by atoms with Crippen molar-refractivity contribution in [1.82, 2.24) is 4.73 Å². The summed E-state index contributed by atoms with van der Waals surface area (Å²) in [5.74, 6) is -0.295. The quantitative estimate of drug-likeness (QED) is 0.728. The Morgan fingerprint density at radius 1 is 1.40 bits per heavy atom. The zero-order chi connectivity index (χ0) is 10.8. The predicted molar refractivity (Wildman–Crippen MR) is 48.4 cm³/mol. The Bertz CT molecular complexity index is 349. The van der Waals surface area contributed by atoms with E-state index in [9.17, 15) is 4.79 Å². The van der Waals surface area contributed by atoms with Gasteiger partial charge in [-0.05, 0) is 18.8 Å². The van der Waals surface area contributed by atoms with Gasteiger partial charge in [-0.3, -0.25) is 4.84 Å². The van der Waals surface area contributed by atoms with E-state index in [4.69, 9.17) is 14.9 Å². The molecule has 2 N–H and O–H groups in total. The summed E-state index contributed by atoms with van der Waals surface area (Å²) >= 11 is 0. The Kier molecular flexibility index (Phi) is 2.40. The highest BCUT2D eigenvalue weighted by Crippen LogP contribution is 2.28. The largest absolute Gasteiger partial charge is 0.533 e. The van der Waals surface area contributed by atoms with Gasteiger partial charge in [0.05, 0.1) is 6.61 Å². The van der Waals surface area contributed by atoms with E-state index in [1.807, 2.05) is 0 Å². The third-order valence-electron chi connectivity index (χ3n) is 2.10. The van der Waals surface area contributed by atoms with Crippen LogP contribution in [0.15, 0.2) is 12.1 Å². The van der Waals surface area contributed by atoms with Gasteiger partial charge in [-0.2, -0.15) is 0 Å². The van der Waals surface area contributed by atoms with Crippen LogP contribution < -0.4 is 4.84 Å². The molecular formula is C9H11NO5. The summed E-state index contributed by atoms with van der Waals surface area (Å²) in [6, 6.07) is 2.40. The van der Waals surface area contributed by atoms with E-state index >= 15 is 0 Å². The van der Waals surface area contributed by atoms with Gasteiger partial charge < -0.3 is 14.9 Å². The van der Waals surface area contributed by atoms with Crippen molar-refractivity contribution in [3.63, 3.8) is 0 Å². The van der Waals surface area contributed by atoms with Gasteiger partial charge in [-0.1, -0.05) is 0 Å². The van der Waals surface area contributed by atoms with Gasteiger partial charge in [-0.15, -0.1) is 4.73 Å². The molecule has 1 fully saturated rings. The lowest BCUT2D eigenvalue weighted by atomic mass is 10.5. The van der Waals surface area contributed by atoms with E-state index < -0.39 is 6.16 Å². The molecule has 1 aliphatic rings. The molecule has 1 aromatic rings. The molecule has 0 aromatic carbocycles. The van der Waals surface area contributed by atoms with E-state index in [0.717, 1.165) is 12.8 Å². The SMILES string of the molecule is O=C(OCC1CC1)On1c(O)ccc1O. The van der Waals surface area contributed by atoms with Crippen LogP contribution in [0.2, 0.25) is 0 Å². The number of rotatable bonds is 3. The van der Waals surface area contributed by atoms with Crippen molar-refractivity contribution >= 4 is 6.16 Å². The van der Waals surface area contributed by atoms with Crippen molar-refractivity contribution in [2.24, 2.45) is 5.92 Å². The van der Waals surface area contributed by atoms with E-state index in [2.05, 4.69) is 4.84 Å². The van der Waals surface area contributed by atoms with Crippen LogP contribution in [0, 0.1) is 5.92 Å². The Morgan fingerprint density at radius 3 is 2.53 bits per heavy atom. The van der Waals surface area contributed by atoms with Gasteiger partial charge in [0.15, 0.2) is 0 Å². The molecule has 0 unspecified atom stereocenters. The number of carbonyl (C=O) groups excluding carboxylic acids is 1. The fraction of sp³-hybridized carbons (Fsp3) is 0.444. The van der Waals surface area contributed by atoms with E-state index in [0.29, 0.717) is 17.3 Å². The lowest BCUT2D eigenvalue weighted by Crippen LogP contribution is -2.20. The maximum Gasteiger partial charge on any atom is 0.533 e. The molecule has 0 spiro atoms. The maximum absolute atomic E-state index is 11.1. The van der Waals surface area contributed by atoms with Crippen LogP contribution >= 0.6 is 0 Å². The summed E-state index contributed by atoms with van der Waals surface area (Å²) in [4.78, 5) is 15.6. The van der Waals surface area contributed by atoms with Gasteiger partial charge in [0, 0.05) is 12.1 Å². The molecule has 6 nitrogen and oxygen atoms in total. The number of carbonyl (C=O) groups is 1. The minimum absolute atomic E-state index is 0.321. The monoisotopic (exact) mass is 213 g/mol. The number of nitrogens with zero attached hydrogens (tertiary/aromatic N) is 1. The number of hydrogen-bond donors (Lipinski definition) is 2. The van der Waals surface area contributed by atoms with E-state index in [1.165, 1.54) is 12.1 Å². The van der Waals surface area contributed by atoms with Crippen LogP contribution in [0.5, 0.6) is 11.8 Å². The van der Waals surface area contributed by atoms with Crippen molar-refractivity contribution in [2.75, 3.05) is 6.61 Å².